The fraction of sp³-hybridized carbons (Fsp3) is 0.308. The Hall–Kier alpha value is -2.17. The van der Waals surface area contributed by atoms with Crippen molar-refractivity contribution in [2.75, 3.05) is 13.1 Å². The molecule has 1 aromatic heterocycles. The fourth-order valence-electron chi connectivity index (χ4n) is 1.76. The zero-order chi connectivity index (χ0) is 14.7. The number of thiophene rings is 1. The maximum atomic E-state index is 12.3. The van der Waals surface area contributed by atoms with E-state index < -0.39 is 17.9 Å². The lowest BCUT2D eigenvalue weighted by atomic mass is 10.2. The third-order valence-electron chi connectivity index (χ3n) is 2.81. The van der Waals surface area contributed by atoms with Crippen LogP contribution in [0.1, 0.15) is 21.5 Å². The maximum absolute atomic E-state index is 12.3. The van der Waals surface area contributed by atoms with Crippen molar-refractivity contribution >= 4 is 29.1 Å². The summed E-state index contributed by atoms with van der Waals surface area (Å²) in [6, 6.07) is 2.69. The molecule has 2 rings (SSSR count). The molecule has 2 heterocycles. The number of hydrogen-bond acceptors (Lipinski definition) is 5. The van der Waals surface area contributed by atoms with E-state index in [0.29, 0.717) is 4.88 Å². The number of amides is 3. The van der Waals surface area contributed by atoms with Gasteiger partial charge < -0.3 is 10.6 Å². The number of carbonyl (C=O) groups is 3. The Morgan fingerprint density at radius 3 is 3.00 bits per heavy atom. The minimum atomic E-state index is -0.666. The van der Waals surface area contributed by atoms with Crippen LogP contribution in [0.5, 0.6) is 0 Å². The molecule has 0 aliphatic carbocycles. The van der Waals surface area contributed by atoms with E-state index in [-0.39, 0.29) is 19.0 Å². The molecule has 6 nitrogen and oxygen atoms in total. The summed E-state index contributed by atoms with van der Waals surface area (Å²) >= 11 is 1.22. The Balaban J connectivity index is 2.20. The molecule has 1 saturated heterocycles. The van der Waals surface area contributed by atoms with Crippen LogP contribution < -0.4 is 11.1 Å². The molecule has 0 aromatic carbocycles. The number of carbonyl (C=O) groups excluding carboxylic acids is 3. The first-order chi connectivity index (χ1) is 9.52. The minimum Gasteiger partial charge on any atom is -0.320 e. The molecule has 1 aliphatic rings. The zero-order valence-corrected chi connectivity index (χ0v) is 11.6. The molecule has 104 valence electrons. The Labute approximate surface area is 119 Å². The highest BCUT2D eigenvalue weighted by Gasteiger charge is 2.34. The van der Waals surface area contributed by atoms with E-state index in [1.807, 2.05) is 0 Å². The highest BCUT2D eigenvalue weighted by Crippen LogP contribution is 2.19. The number of nitrogens with zero attached hydrogens (tertiary/aromatic N) is 1. The van der Waals surface area contributed by atoms with Crippen LogP contribution in [0.25, 0.3) is 0 Å². The lowest BCUT2D eigenvalue weighted by molar-refractivity contribution is -0.138. The molecular weight excluding hydrogens is 278 g/mol. The van der Waals surface area contributed by atoms with Gasteiger partial charge >= 0.3 is 0 Å². The van der Waals surface area contributed by atoms with Gasteiger partial charge in [0.1, 0.15) is 12.6 Å². The average molecular weight is 291 g/mol. The van der Waals surface area contributed by atoms with E-state index in [4.69, 9.17) is 5.73 Å². The quantitative estimate of drug-likeness (QED) is 0.541. The maximum Gasteiger partial charge on any atom is 0.265 e. The van der Waals surface area contributed by atoms with E-state index in [2.05, 4.69) is 17.2 Å². The average Bonchev–Trinajstić information content (AvgIpc) is 2.88. The van der Waals surface area contributed by atoms with Crippen molar-refractivity contribution in [2.24, 2.45) is 5.73 Å². The second-order valence-electron chi connectivity index (χ2n) is 4.19. The standard InChI is InChI=1S/C13H13N3O3S/c1-8-12(18)15-11(17)7-16(8)13(19)10-5-4-9(20-10)3-2-6-14/h4-5,8H,6-7,14H2,1H3,(H,15,17,18). The topological polar surface area (TPSA) is 92.5 Å². The van der Waals surface area contributed by atoms with Gasteiger partial charge in [-0.3, -0.25) is 19.7 Å². The summed E-state index contributed by atoms with van der Waals surface area (Å²) in [6.07, 6.45) is 0. The number of imide groups is 1. The summed E-state index contributed by atoms with van der Waals surface area (Å²) in [5, 5.41) is 2.19. The Morgan fingerprint density at radius 1 is 1.55 bits per heavy atom. The van der Waals surface area contributed by atoms with Gasteiger partial charge in [0.15, 0.2) is 0 Å². The number of piperazine rings is 1. The molecule has 3 amide bonds. The van der Waals surface area contributed by atoms with E-state index >= 15 is 0 Å². The first-order valence-corrected chi connectivity index (χ1v) is 6.78. The van der Waals surface area contributed by atoms with E-state index in [9.17, 15) is 14.4 Å². The Morgan fingerprint density at radius 2 is 2.30 bits per heavy atom. The van der Waals surface area contributed by atoms with Gasteiger partial charge in [-0.2, -0.15) is 0 Å². The highest BCUT2D eigenvalue weighted by molar-refractivity contribution is 7.14. The predicted molar refractivity (Wildman–Crippen MR) is 73.9 cm³/mol. The molecular formula is C13H13N3O3S. The van der Waals surface area contributed by atoms with Gasteiger partial charge in [-0.05, 0) is 19.1 Å². The van der Waals surface area contributed by atoms with Gasteiger partial charge in [-0.15, -0.1) is 11.3 Å². The monoisotopic (exact) mass is 291 g/mol. The van der Waals surface area contributed by atoms with Crippen molar-refractivity contribution in [1.82, 2.24) is 10.2 Å². The van der Waals surface area contributed by atoms with Crippen molar-refractivity contribution in [1.29, 1.82) is 0 Å². The largest absolute Gasteiger partial charge is 0.320 e. The molecule has 0 spiro atoms. The van der Waals surface area contributed by atoms with E-state index in [1.54, 1.807) is 19.1 Å². The second kappa shape index (κ2) is 5.86. The molecule has 1 atom stereocenters. The van der Waals surface area contributed by atoms with Gasteiger partial charge in [0.25, 0.3) is 5.91 Å². The van der Waals surface area contributed by atoms with Crippen molar-refractivity contribution in [3.8, 4) is 11.8 Å². The minimum absolute atomic E-state index is 0.118. The van der Waals surface area contributed by atoms with Crippen LogP contribution >= 0.6 is 11.3 Å². The van der Waals surface area contributed by atoms with Gasteiger partial charge in [0, 0.05) is 0 Å². The SMILES string of the molecule is CC1C(=O)NC(=O)CN1C(=O)c1ccc(C#CCN)s1. The molecule has 1 unspecified atom stereocenters. The van der Waals surface area contributed by atoms with Gasteiger partial charge in [-0.1, -0.05) is 11.8 Å². The number of rotatable bonds is 1. The second-order valence-corrected chi connectivity index (χ2v) is 5.28. The number of nitrogens with one attached hydrogen (secondary N) is 1. The van der Waals surface area contributed by atoms with Crippen molar-refractivity contribution < 1.29 is 14.4 Å². The number of nitrogens with two attached hydrogens (primary N) is 1. The summed E-state index contributed by atoms with van der Waals surface area (Å²) in [6.45, 7) is 1.72. The molecule has 0 radical (unpaired) electrons. The lowest BCUT2D eigenvalue weighted by Crippen LogP contribution is -2.58. The first-order valence-electron chi connectivity index (χ1n) is 5.96. The Bertz CT molecular complexity index is 626. The van der Waals surface area contributed by atoms with Gasteiger partial charge in [0.05, 0.1) is 16.3 Å². The third-order valence-corrected chi connectivity index (χ3v) is 3.80. The molecule has 7 heteroatoms. The molecule has 3 N–H and O–H groups in total. The van der Waals surface area contributed by atoms with Crippen molar-refractivity contribution in [2.45, 2.75) is 13.0 Å². The van der Waals surface area contributed by atoms with Crippen LogP contribution in [0.3, 0.4) is 0 Å². The van der Waals surface area contributed by atoms with Crippen LogP contribution in [0.15, 0.2) is 12.1 Å². The molecule has 1 fully saturated rings. The molecule has 1 aromatic rings. The predicted octanol–water partition coefficient (Wildman–Crippen LogP) is -0.455. The molecule has 20 heavy (non-hydrogen) atoms. The van der Waals surface area contributed by atoms with Crippen LogP contribution in [0.4, 0.5) is 0 Å². The van der Waals surface area contributed by atoms with Crippen molar-refractivity contribution in [3.05, 3.63) is 21.9 Å². The summed E-state index contributed by atoms with van der Waals surface area (Å²) in [7, 11) is 0. The van der Waals surface area contributed by atoms with E-state index in [0.717, 1.165) is 4.88 Å². The summed E-state index contributed by atoms with van der Waals surface area (Å²) in [4.78, 5) is 37.6. The van der Waals surface area contributed by atoms with E-state index in [1.165, 1.54) is 16.2 Å². The first kappa shape index (κ1) is 14.2. The normalized spacial score (nSPS) is 18.3. The number of hydrogen-bond donors (Lipinski definition) is 2. The van der Waals surface area contributed by atoms with Crippen molar-refractivity contribution in [3.63, 3.8) is 0 Å². The smallest absolute Gasteiger partial charge is 0.265 e. The van der Waals surface area contributed by atoms with Gasteiger partial charge in [0.2, 0.25) is 11.8 Å². The summed E-state index contributed by atoms with van der Waals surface area (Å²) in [5.74, 6) is 4.27. The summed E-state index contributed by atoms with van der Waals surface area (Å²) in [5.41, 5.74) is 5.28. The summed E-state index contributed by atoms with van der Waals surface area (Å²) < 4.78 is 0. The fourth-order valence-corrected chi connectivity index (χ4v) is 2.60. The lowest BCUT2D eigenvalue weighted by Gasteiger charge is -2.31. The third kappa shape index (κ3) is 2.87. The zero-order valence-electron chi connectivity index (χ0n) is 10.8. The van der Waals surface area contributed by atoms with Crippen LogP contribution in [0.2, 0.25) is 0 Å². The molecule has 1 aliphatic heterocycles. The van der Waals surface area contributed by atoms with Gasteiger partial charge in [-0.25, -0.2) is 0 Å². The highest BCUT2D eigenvalue weighted by atomic mass is 32.1. The van der Waals surface area contributed by atoms with Crippen LogP contribution in [-0.4, -0.2) is 41.8 Å². The molecule has 0 bridgehead atoms. The molecule has 0 saturated carbocycles. The van der Waals surface area contributed by atoms with Crippen LogP contribution in [0, 0.1) is 11.8 Å². The van der Waals surface area contributed by atoms with Crippen LogP contribution in [-0.2, 0) is 9.59 Å². The Kier molecular flexibility index (Phi) is 4.17.